The molecule has 1 aliphatic rings. The van der Waals surface area contributed by atoms with Gasteiger partial charge in [-0.05, 0) is 50.2 Å². The third-order valence-electron chi connectivity index (χ3n) is 4.61. The number of carbonyl (C=O) groups is 1. The van der Waals surface area contributed by atoms with Crippen molar-refractivity contribution in [3.05, 3.63) is 47.8 Å². The Kier molecular flexibility index (Phi) is 6.71. The van der Waals surface area contributed by atoms with Crippen molar-refractivity contribution in [1.29, 1.82) is 0 Å². The van der Waals surface area contributed by atoms with Crippen molar-refractivity contribution < 1.29 is 32.2 Å². The molecule has 9 heteroatoms. The average molecular weight is 424 g/mol. The maximum atomic E-state index is 14.7. The number of alkyl halides is 2. The first-order valence-electron chi connectivity index (χ1n) is 9.41. The predicted molar refractivity (Wildman–Crippen MR) is 106 cm³/mol. The summed E-state index contributed by atoms with van der Waals surface area (Å²) in [5.41, 5.74) is 0.724. The number of nitrogens with one attached hydrogen (secondary N) is 1. The lowest BCUT2D eigenvalue weighted by atomic mass is 10.1. The molecule has 2 aromatic rings. The Morgan fingerprint density at radius 3 is 2.43 bits per heavy atom. The fraction of sp³-hybridized carbons (Fsp3) is 0.381. The van der Waals surface area contributed by atoms with Crippen molar-refractivity contribution in [3.8, 4) is 11.5 Å². The van der Waals surface area contributed by atoms with E-state index in [0.717, 1.165) is 6.07 Å². The van der Waals surface area contributed by atoms with E-state index in [0.29, 0.717) is 18.8 Å². The molecule has 162 valence electrons. The number of carbonyl (C=O) groups excluding carboxylic acids is 1. The molecule has 0 saturated carbocycles. The summed E-state index contributed by atoms with van der Waals surface area (Å²) in [6, 6.07) is 8.28. The van der Waals surface area contributed by atoms with Gasteiger partial charge >= 0.3 is 6.61 Å². The first kappa shape index (κ1) is 21.8. The SMILES string of the molecule is COc1ccc(C(=O)Nc2ccc(N3CC(C)OC(C)C3)c(F)c2)cc1OC(F)F. The number of amides is 1. The number of methoxy groups -OCH3 is 1. The van der Waals surface area contributed by atoms with Crippen LogP contribution in [0.2, 0.25) is 0 Å². The minimum Gasteiger partial charge on any atom is -0.493 e. The van der Waals surface area contributed by atoms with Gasteiger partial charge in [-0.25, -0.2) is 4.39 Å². The smallest absolute Gasteiger partial charge is 0.387 e. The van der Waals surface area contributed by atoms with Crippen LogP contribution in [0.3, 0.4) is 0 Å². The second-order valence-electron chi connectivity index (χ2n) is 7.03. The number of morpholine rings is 1. The standard InChI is InChI=1S/C21H23F3N2O4/c1-12-10-26(11-13(2)29-12)17-6-5-15(9-16(17)22)25-20(27)14-4-7-18(28-3)19(8-14)30-21(23)24/h4-9,12-13,21H,10-11H2,1-3H3,(H,25,27). The minimum absolute atomic E-state index is 0.0211. The number of hydrogen-bond acceptors (Lipinski definition) is 5. The molecule has 1 saturated heterocycles. The van der Waals surface area contributed by atoms with E-state index in [1.807, 2.05) is 18.7 Å². The van der Waals surface area contributed by atoms with Crippen LogP contribution < -0.4 is 19.7 Å². The highest BCUT2D eigenvalue weighted by molar-refractivity contribution is 6.04. The van der Waals surface area contributed by atoms with Crippen molar-refractivity contribution in [2.45, 2.75) is 32.7 Å². The van der Waals surface area contributed by atoms with Gasteiger partial charge in [0.25, 0.3) is 5.91 Å². The van der Waals surface area contributed by atoms with Crippen molar-refractivity contribution in [2.75, 3.05) is 30.4 Å². The highest BCUT2D eigenvalue weighted by atomic mass is 19.3. The van der Waals surface area contributed by atoms with Gasteiger partial charge in [-0.3, -0.25) is 4.79 Å². The van der Waals surface area contributed by atoms with Gasteiger partial charge in [0.05, 0.1) is 25.0 Å². The first-order valence-corrected chi connectivity index (χ1v) is 9.41. The van der Waals surface area contributed by atoms with Gasteiger partial charge in [0.15, 0.2) is 11.5 Å². The summed E-state index contributed by atoms with van der Waals surface area (Å²) in [6.45, 7) is 1.91. The quantitative estimate of drug-likeness (QED) is 0.749. The molecule has 2 atom stereocenters. The summed E-state index contributed by atoms with van der Waals surface area (Å²) in [5, 5.41) is 2.56. The molecule has 0 radical (unpaired) electrons. The first-order chi connectivity index (χ1) is 14.3. The van der Waals surface area contributed by atoms with Crippen LogP contribution in [0, 0.1) is 5.82 Å². The number of ether oxygens (including phenoxy) is 3. The summed E-state index contributed by atoms with van der Waals surface area (Å²) in [6.07, 6.45) is -0.0421. The van der Waals surface area contributed by atoms with Crippen LogP contribution in [0.5, 0.6) is 11.5 Å². The van der Waals surface area contributed by atoms with Gasteiger partial charge in [-0.2, -0.15) is 8.78 Å². The molecule has 1 N–H and O–H groups in total. The van der Waals surface area contributed by atoms with E-state index >= 15 is 0 Å². The van der Waals surface area contributed by atoms with Crippen LogP contribution in [0.15, 0.2) is 36.4 Å². The van der Waals surface area contributed by atoms with E-state index in [1.165, 1.54) is 25.3 Å². The Bertz CT molecular complexity index is 900. The van der Waals surface area contributed by atoms with Crippen LogP contribution in [0.25, 0.3) is 0 Å². The third-order valence-corrected chi connectivity index (χ3v) is 4.61. The van der Waals surface area contributed by atoms with Crippen molar-refractivity contribution in [2.24, 2.45) is 0 Å². The number of anilines is 2. The zero-order valence-electron chi connectivity index (χ0n) is 16.8. The predicted octanol–water partition coefficient (Wildman–Crippen LogP) is 4.30. The van der Waals surface area contributed by atoms with E-state index in [-0.39, 0.29) is 35.0 Å². The van der Waals surface area contributed by atoms with E-state index in [9.17, 15) is 18.0 Å². The Morgan fingerprint density at radius 2 is 1.83 bits per heavy atom. The Labute approximate surface area is 172 Å². The molecule has 0 aliphatic carbocycles. The molecule has 3 rings (SSSR count). The fourth-order valence-electron chi connectivity index (χ4n) is 3.42. The lowest BCUT2D eigenvalue weighted by Gasteiger charge is -2.37. The van der Waals surface area contributed by atoms with Gasteiger partial charge < -0.3 is 24.4 Å². The van der Waals surface area contributed by atoms with Crippen LogP contribution in [0.4, 0.5) is 24.5 Å². The summed E-state index contributed by atoms with van der Waals surface area (Å²) in [7, 11) is 1.30. The van der Waals surface area contributed by atoms with E-state index in [1.54, 1.807) is 12.1 Å². The molecule has 6 nitrogen and oxygen atoms in total. The Balaban J connectivity index is 1.75. The summed E-state index contributed by atoms with van der Waals surface area (Å²) >= 11 is 0. The van der Waals surface area contributed by atoms with E-state index < -0.39 is 18.3 Å². The van der Waals surface area contributed by atoms with E-state index in [2.05, 4.69) is 10.1 Å². The van der Waals surface area contributed by atoms with Crippen molar-refractivity contribution in [3.63, 3.8) is 0 Å². The molecule has 2 unspecified atom stereocenters. The topological polar surface area (TPSA) is 60.0 Å². The second kappa shape index (κ2) is 9.25. The van der Waals surface area contributed by atoms with Gasteiger partial charge in [-0.15, -0.1) is 0 Å². The van der Waals surface area contributed by atoms with Crippen LogP contribution in [-0.4, -0.2) is 44.9 Å². The molecule has 30 heavy (non-hydrogen) atoms. The number of rotatable bonds is 6. The van der Waals surface area contributed by atoms with Crippen molar-refractivity contribution >= 4 is 17.3 Å². The highest BCUT2D eigenvalue weighted by Gasteiger charge is 2.24. The molecule has 2 aromatic carbocycles. The van der Waals surface area contributed by atoms with Crippen molar-refractivity contribution in [1.82, 2.24) is 0 Å². The van der Waals surface area contributed by atoms with Crippen LogP contribution >= 0.6 is 0 Å². The molecule has 0 aromatic heterocycles. The minimum atomic E-state index is -3.07. The van der Waals surface area contributed by atoms with Gasteiger partial charge in [0, 0.05) is 24.3 Å². The molecule has 0 spiro atoms. The largest absolute Gasteiger partial charge is 0.493 e. The number of benzene rings is 2. The van der Waals surface area contributed by atoms with Crippen LogP contribution in [-0.2, 0) is 4.74 Å². The number of halogens is 3. The zero-order valence-corrected chi connectivity index (χ0v) is 16.8. The monoisotopic (exact) mass is 424 g/mol. The molecule has 1 amide bonds. The summed E-state index contributed by atoms with van der Waals surface area (Å²) in [4.78, 5) is 14.4. The maximum absolute atomic E-state index is 14.7. The highest BCUT2D eigenvalue weighted by Crippen LogP contribution is 2.30. The molecule has 1 fully saturated rings. The van der Waals surface area contributed by atoms with E-state index in [4.69, 9.17) is 9.47 Å². The zero-order chi connectivity index (χ0) is 21.8. The lowest BCUT2D eigenvalue weighted by molar-refractivity contribution is -0.0512. The molecular formula is C21H23F3N2O4. The van der Waals surface area contributed by atoms with Crippen LogP contribution in [0.1, 0.15) is 24.2 Å². The molecule has 1 heterocycles. The molecule has 0 bridgehead atoms. The third kappa shape index (κ3) is 5.15. The maximum Gasteiger partial charge on any atom is 0.387 e. The average Bonchev–Trinajstić information content (AvgIpc) is 2.66. The number of nitrogens with zero attached hydrogens (tertiary/aromatic N) is 1. The second-order valence-corrected chi connectivity index (χ2v) is 7.03. The summed E-state index contributed by atoms with van der Waals surface area (Å²) in [5.74, 6) is -1.28. The summed E-state index contributed by atoms with van der Waals surface area (Å²) < 4.78 is 54.8. The lowest BCUT2D eigenvalue weighted by Crippen LogP contribution is -2.45. The Hall–Kier alpha value is -2.94. The van der Waals surface area contributed by atoms with Gasteiger partial charge in [0.1, 0.15) is 5.82 Å². The molecule has 1 aliphatic heterocycles. The normalized spacial score (nSPS) is 19.0. The van der Waals surface area contributed by atoms with Gasteiger partial charge in [-0.1, -0.05) is 0 Å². The number of hydrogen-bond donors (Lipinski definition) is 1. The fourth-order valence-corrected chi connectivity index (χ4v) is 3.42. The molecular weight excluding hydrogens is 401 g/mol. The Morgan fingerprint density at radius 1 is 1.13 bits per heavy atom. The van der Waals surface area contributed by atoms with Gasteiger partial charge in [0.2, 0.25) is 0 Å².